The van der Waals surface area contributed by atoms with Gasteiger partial charge in [-0.25, -0.2) is 0 Å². The molecule has 0 aliphatic carbocycles. The molecule has 0 bridgehead atoms. The largest absolute Gasteiger partial charge is 0.347 e. The number of aromatic nitrogens is 2. The summed E-state index contributed by atoms with van der Waals surface area (Å²) in [5.74, 6) is 5.69. The van der Waals surface area contributed by atoms with Crippen LogP contribution in [-0.4, -0.2) is 22.2 Å². The van der Waals surface area contributed by atoms with E-state index in [1.165, 1.54) is 0 Å². The maximum atomic E-state index is 12.2. The number of rotatable bonds is 4. The van der Waals surface area contributed by atoms with Crippen LogP contribution >= 0.6 is 11.3 Å². The van der Waals surface area contributed by atoms with Gasteiger partial charge in [-0.1, -0.05) is 18.8 Å². The quantitative estimate of drug-likeness (QED) is 0.836. The molecule has 0 aliphatic heterocycles. The molecule has 0 saturated heterocycles. The zero-order valence-corrected chi connectivity index (χ0v) is 13.0. The molecule has 1 amide bonds. The van der Waals surface area contributed by atoms with E-state index in [9.17, 15) is 4.79 Å². The zero-order valence-electron chi connectivity index (χ0n) is 12.1. The maximum absolute atomic E-state index is 12.2. The summed E-state index contributed by atoms with van der Waals surface area (Å²) in [5.41, 5.74) is 7.73. The van der Waals surface area contributed by atoms with Crippen molar-refractivity contribution in [3.63, 3.8) is 0 Å². The maximum Gasteiger partial charge on any atom is 0.255 e. The Labute approximate surface area is 128 Å². The lowest BCUT2D eigenvalue weighted by molar-refractivity contribution is 0.0950. The number of nitrogens with zero attached hydrogens (tertiary/aromatic N) is 2. The Morgan fingerprint density at radius 2 is 2.38 bits per heavy atom. The summed E-state index contributed by atoms with van der Waals surface area (Å²) in [5, 5.41) is 9.15. The van der Waals surface area contributed by atoms with E-state index in [2.05, 4.69) is 22.3 Å². The van der Waals surface area contributed by atoms with Gasteiger partial charge in [-0.15, -0.1) is 11.3 Å². The van der Waals surface area contributed by atoms with Crippen molar-refractivity contribution in [2.24, 2.45) is 12.8 Å². The van der Waals surface area contributed by atoms with Crippen LogP contribution < -0.4 is 11.1 Å². The van der Waals surface area contributed by atoms with Gasteiger partial charge in [-0.05, 0) is 12.5 Å². The second-order valence-electron chi connectivity index (χ2n) is 4.51. The van der Waals surface area contributed by atoms with Crippen LogP contribution in [0.15, 0.2) is 17.6 Å². The SMILES string of the molecule is CCc1nn(C)cc1C(=O)NCc1cc(C#CCN)cs1. The number of nitrogens with one attached hydrogen (secondary N) is 1. The van der Waals surface area contributed by atoms with Gasteiger partial charge in [0.25, 0.3) is 5.91 Å². The van der Waals surface area contributed by atoms with Crippen LogP contribution in [0.4, 0.5) is 0 Å². The van der Waals surface area contributed by atoms with Crippen molar-refractivity contribution in [1.82, 2.24) is 15.1 Å². The molecule has 0 fully saturated rings. The third-order valence-electron chi connectivity index (χ3n) is 2.90. The van der Waals surface area contributed by atoms with Crippen molar-refractivity contribution >= 4 is 17.2 Å². The molecule has 0 unspecified atom stereocenters. The average molecular weight is 302 g/mol. The number of hydrogen-bond acceptors (Lipinski definition) is 4. The van der Waals surface area contributed by atoms with Gasteiger partial charge >= 0.3 is 0 Å². The van der Waals surface area contributed by atoms with Gasteiger partial charge in [0.2, 0.25) is 0 Å². The molecule has 2 aromatic heterocycles. The van der Waals surface area contributed by atoms with Gasteiger partial charge in [0.05, 0.1) is 24.3 Å². The van der Waals surface area contributed by atoms with Crippen LogP contribution in [0.1, 0.15) is 33.4 Å². The highest BCUT2D eigenvalue weighted by Crippen LogP contribution is 2.14. The average Bonchev–Trinajstić information content (AvgIpc) is 3.08. The molecule has 0 radical (unpaired) electrons. The van der Waals surface area contributed by atoms with E-state index in [-0.39, 0.29) is 5.91 Å². The summed E-state index contributed by atoms with van der Waals surface area (Å²) in [7, 11) is 1.82. The smallest absolute Gasteiger partial charge is 0.255 e. The van der Waals surface area contributed by atoms with Gasteiger partial charge in [-0.2, -0.15) is 5.10 Å². The predicted octanol–water partition coefficient (Wildman–Crippen LogP) is 1.28. The number of aryl methyl sites for hydroxylation is 2. The van der Waals surface area contributed by atoms with E-state index in [1.54, 1.807) is 22.2 Å². The van der Waals surface area contributed by atoms with Gasteiger partial charge in [0.1, 0.15) is 0 Å². The summed E-state index contributed by atoms with van der Waals surface area (Å²) >= 11 is 1.57. The fourth-order valence-electron chi connectivity index (χ4n) is 1.94. The Bertz CT molecular complexity index is 690. The topological polar surface area (TPSA) is 72.9 Å². The van der Waals surface area contributed by atoms with Crippen molar-refractivity contribution in [3.05, 3.63) is 39.3 Å². The zero-order chi connectivity index (χ0) is 15.2. The number of thiophene rings is 1. The lowest BCUT2D eigenvalue weighted by Gasteiger charge is -2.02. The lowest BCUT2D eigenvalue weighted by Crippen LogP contribution is -2.23. The Morgan fingerprint density at radius 1 is 1.57 bits per heavy atom. The van der Waals surface area contributed by atoms with Crippen LogP contribution in [0.2, 0.25) is 0 Å². The summed E-state index contributed by atoms with van der Waals surface area (Å²) in [4.78, 5) is 13.2. The van der Waals surface area contributed by atoms with Crippen molar-refractivity contribution in [2.75, 3.05) is 6.54 Å². The Morgan fingerprint density at radius 3 is 3.10 bits per heavy atom. The summed E-state index contributed by atoms with van der Waals surface area (Å²) in [6.45, 7) is 2.83. The molecule has 0 aromatic carbocycles. The minimum Gasteiger partial charge on any atom is -0.347 e. The fourth-order valence-corrected chi connectivity index (χ4v) is 2.70. The van der Waals surface area contributed by atoms with Crippen LogP contribution in [0.3, 0.4) is 0 Å². The standard InChI is InChI=1S/C15H18N4OS/c1-3-14-13(9-19(2)18-14)15(20)17-8-12-7-11(10-21-12)5-4-6-16/h7,9-10H,3,6,8,16H2,1-2H3,(H,17,20). The number of hydrogen-bond donors (Lipinski definition) is 2. The number of nitrogens with two attached hydrogens (primary N) is 1. The van der Waals surface area contributed by atoms with E-state index in [1.807, 2.05) is 25.4 Å². The number of carbonyl (C=O) groups is 1. The summed E-state index contributed by atoms with van der Waals surface area (Å²) in [6.07, 6.45) is 2.49. The molecule has 3 N–H and O–H groups in total. The number of amides is 1. The molecule has 21 heavy (non-hydrogen) atoms. The molecule has 0 aliphatic rings. The highest BCUT2D eigenvalue weighted by Gasteiger charge is 2.14. The highest BCUT2D eigenvalue weighted by atomic mass is 32.1. The van der Waals surface area contributed by atoms with Gasteiger partial charge < -0.3 is 11.1 Å². The monoisotopic (exact) mass is 302 g/mol. The van der Waals surface area contributed by atoms with Crippen molar-refractivity contribution < 1.29 is 4.79 Å². The third-order valence-corrected chi connectivity index (χ3v) is 3.83. The molecular weight excluding hydrogens is 284 g/mol. The van der Waals surface area contributed by atoms with Crippen molar-refractivity contribution in [1.29, 1.82) is 0 Å². The van der Waals surface area contributed by atoms with Crippen molar-refractivity contribution in [2.45, 2.75) is 19.9 Å². The third kappa shape index (κ3) is 3.94. The first-order chi connectivity index (χ1) is 10.1. The van der Waals surface area contributed by atoms with Crippen molar-refractivity contribution in [3.8, 4) is 11.8 Å². The Kier molecular flexibility index (Phi) is 5.14. The molecule has 0 spiro atoms. The molecular formula is C15H18N4OS. The van der Waals surface area contributed by atoms with E-state index in [4.69, 9.17) is 5.73 Å². The Balaban J connectivity index is 1.99. The van der Waals surface area contributed by atoms with Crippen LogP contribution in [0.25, 0.3) is 0 Å². The minimum atomic E-state index is -0.0945. The second kappa shape index (κ2) is 7.07. The predicted molar refractivity (Wildman–Crippen MR) is 84.0 cm³/mol. The second-order valence-corrected chi connectivity index (χ2v) is 5.50. The van der Waals surface area contributed by atoms with Crippen LogP contribution in [0.5, 0.6) is 0 Å². The van der Waals surface area contributed by atoms with Crippen LogP contribution in [-0.2, 0) is 20.0 Å². The molecule has 110 valence electrons. The first kappa shape index (κ1) is 15.3. The van der Waals surface area contributed by atoms with Gasteiger partial charge in [0.15, 0.2) is 0 Å². The van der Waals surface area contributed by atoms with E-state index >= 15 is 0 Å². The van der Waals surface area contributed by atoms with E-state index in [0.29, 0.717) is 18.7 Å². The highest BCUT2D eigenvalue weighted by molar-refractivity contribution is 7.10. The number of carbonyl (C=O) groups excluding carboxylic acids is 1. The normalized spacial score (nSPS) is 10.0. The van der Waals surface area contributed by atoms with Gasteiger partial charge in [0, 0.05) is 29.1 Å². The summed E-state index contributed by atoms with van der Waals surface area (Å²) < 4.78 is 1.67. The molecule has 5 nitrogen and oxygen atoms in total. The minimum absolute atomic E-state index is 0.0945. The molecule has 0 atom stereocenters. The van der Waals surface area contributed by atoms with Gasteiger partial charge in [-0.3, -0.25) is 9.48 Å². The van der Waals surface area contributed by atoms with Crippen LogP contribution in [0, 0.1) is 11.8 Å². The molecule has 6 heteroatoms. The molecule has 2 aromatic rings. The molecule has 2 rings (SSSR count). The molecule has 0 saturated carbocycles. The first-order valence-corrected chi connectivity index (χ1v) is 7.59. The lowest BCUT2D eigenvalue weighted by atomic mass is 10.2. The fraction of sp³-hybridized carbons (Fsp3) is 0.333. The van der Waals surface area contributed by atoms with E-state index in [0.717, 1.165) is 22.6 Å². The molecule has 2 heterocycles. The first-order valence-electron chi connectivity index (χ1n) is 6.71. The Hall–Kier alpha value is -2.10. The summed E-state index contributed by atoms with van der Waals surface area (Å²) in [6, 6.07) is 1.97. The van der Waals surface area contributed by atoms with E-state index < -0.39 is 0 Å².